The monoisotopic (exact) mass is 529 g/mol. The molecule has 2 aromatic rings. The van der Waals surface area contributed by atoms with Crippen molar-refractivity contribution in [1.82, 2.24) is 25.3 Å². The maximum absolute atomic E-state index is 13.9. The van der Waals surface area contributed by atoms with Crippen molar-refractivity contribution in [3.05, 3.63) is 40.8 Å². The van der Waals surface area contributed by atoms with Gasteiger partial charge in [0, 0.05) is 62.6 Å². The molecule has 3 rings (SSSR count). The van der Waals surface area contributed by atoms with E-state index in [1.165, 1.54) is 0 Å². The van der Waals surface area contributed by atoms with Crippen LogP contribution in [0.25, 0.3) is 11.3 Å². The van der Waals surface area contributed by atoms with Gasteiger partial charge in [-0.1, -0.05) is 34.6 Å². The number of amides is 2. The lowest BCUT2D eigenvalue weighted by Gasteiger charge is -2.23. The molecular weight excluding hydrogens is 487 g/mol. The number of carbonyl (C=O) groups is 2. The van der Waals surface area contributed by atoms with Crippen molar-refractivity contribution in [3.63, 3.8) is 0 Å². The fourth-order valence-electron chi connectivity index (χ4n) is 3.15. The van der Waals surface area contributed by atoms with Crippen LogP contribution in [-0.2, 0) is 29.6 Å². The Balaban J connectivity index is 0.000000647. The van der Waals surface area contributed by atoms with Gasteiger partial charge in [-0.3, -0.25) is 14.3 Å². The molecule has 0 radical (unpaired) electrons. The van der Waals surface area contributed by atoms with Crippen LogP contribution in [0.2, 0.25) is 0 Å². The Kier molecular flexibility index (Phi) is 16.9. The number of aliphatic hydroxyl groups excluding tert-OH is 1. The first-order valence-electron chi connectivity index (χ1n) is 12.4. The number of hydrogen-bond donors (Lipinski definition) is 3. The van der Waals surface area contributed by atoms with Gasteiger partial charge < -0.3 is 20.6 Å². The number of nitrogens with zero attached hydrogens (tertiary/aromatic N) is 3. The Morgan fingerprint density at radius 2 is 1.73 bits per heavy atom. The SMILES string of the molecule is CC.CC(C)C.CN1CCc2c(c(-c3cc(F)c(F)cc3F)nn2C)C1.O=CNCC(=O)NCCCO. The molecule has 11 heteroatoms. The van der Waals surface area contributed by atoms with E-state index in [0.717, 1.165) is 36.2 Å². The highest BCUT2D eigenvalue weighted by molar-refractivity contribution is 5.79. The molecule has 210 valence electrons. The number of aliphatic hydroxyl groups is 1. The third-order valence-corrected chi connectivity index (χ3v) is 4.70. The van der Waals surface area contributed by atoms with Crippen LogP contribution in [0, 0.1) is 23.4 Å². The molecule has 1 aromatic carbocycles. The second kappa shape index (κ2) is 18.3. The minimum absolute atomic E-state index is 0.00503. The summed E-state index contributed by atoms with van der Waals surface area (Å²) in [7, 11) is 3.74. The number of halogens is 3. The van der Waals surface area contributed by atoms with Gasteiger partial charge in [0.1, 0.15) is 11.5 Å². The fraction of sp³-hybridized carbons (Fsp3) is 0.577. The molecule has 0 spiro atoms. The third-order valence-electron chi connectivity index (χ3n) is 4.70. The Morgan fingerprint density at radius 1 is 1.14 bits per heavy atom. The molecule has 0 fully saturated rings. The first kappa shape index (κ1) is 34.1. The van der Waals surface area contributed by atoms with Crippen LogP contribution in [0.1, 0.15) is 52.3 Å². The average Bonchev–Trinajstić information content (AvgIpc) is 3.16. The zero-order chi connectivity index (χ0) is 28.5. The van der Waals surface area contributed by atoms with Crippen LogP contribution in [0.3, 0.4) is 0 Å². The molecule has 0 aliphatic carbocycles. The fourth-order valence-corrected chi connectivity index (χ4v) is 3.15. The van der Waals surface area contributed by atoms with E-state index in [9.17, 15) is 22.8 Å². The van der Waals surface area contributed by atoms with Gasteiger partial charge in [-0.05, 0) is 25.5 Å². The van der Waals surface area contributed by atoms with Crippen molar-refractivity contribution >= 4 is 12.3 Å². The highest BCUT2D eigenvalue weighted by atomic mass is 19.2. The van der Waals surface area contributed by atoms with Gasteiger partial charge in [0.2, 0.25) is 12.3 Å². The molecule has 0 unspecified atom stereocenters. The van der Waals surface area contributed by atoms with Crippen LogP contribution in [-0.4, -0.2) is 65.4 Å². The normalized spacial score (nSPS) is 12.1. The highest BCUT2D eigenvalue weighted by Crippen LogP contribution is 2.31. The van der Waals surface area contributed by atoms with Crippen molar-refractivity contribution in [1.29, 1.82) is 0 Å². The number of aryl methyl sites for hydroxylation is 1. The highest BCUT2D eigenvalue weighted by Gasteiger charge is 2.25. The molecule has 2 heterocycles. The minimum atomic E-state index is -1.19. The van der Waals surface area contributed by atoms with E-state index >= 15 is 0 Å². The first-order valence-corrected chi connectivity index (χ1v) is 12.4. The predicted octanol–water partition coefficient (Wildman–Crippen LogP) is 3.41. The van der Waals surface area contributed by atoms with Crippen molar-refractivity contribution in [3.8, 4) is 11.3 Å². The summed E-state index contributed by atoms with van der Waals surface area (Å²) in [5, 5.41) is 17.3. The topological polar surface area (TPSA) is 99.5 Å². The smallest absolute Gasteiger partial charge is 0.239 e. The lowest BCUT2D eigenvalue weighted by Crippen LogP contribution is -2.33. The molecule has 8 nitrogen and oxygen atoms in total. The predicted molar refractivity (Wildman–Crippen MR) is 139 cm³/mol. The number of nitrogens with one attached hydrogen (secondary N) is 2. The summed E-state index contributed by atoms with van der Waals surface area (Å²) in [4.78, 5) is 22.5. The molecule has 1 aromatic heterocycles. The van der Waals surface area contributed by atoms with Crippen LogP contribution < -0.4 is 10.6 Å². The standard InChI is InChI=1S/C14H14F3N3.C6H12N2O3.C4H10.C2H6/c1-19-4-3-13-9(7-19)14(18-20(13)2)8-5-11(16)12(17)6-10(8)15;9-3-1-2-8-6(11)4-7-5-10;1-4(2)3;1-2/h5-6H,3-4,7H2,1-2H3;5,9H,1-4H2,(H,7,10)(H,8,11);4H,1-3H3;1-2H3. The van der Waals surface area contributed by atoms with Gasteiger partial charge in [-0.15, -0.1) is 0 Å². The molecule has 1 aliphatic rings. The van der Waals surface area contributed by atoms with Crippen molar-refractivity contribution in [2.75, 3.05) is 33.3 Å². The number of likely N-dealkylation sites (N-methyl/N-ethyl adjacent to an activating group) is 1. The van der Waals surface area contributed by atoms with E-state index in [-0.39, 0.29) is 24.6 Å². The summed E-state index contributed by atoms with van der Waals surface area (Å²) in [5.41, 5.74) is 2.30. The maximum atomic E-state index is 13.9. The summed E-state index contributed by atoms with van der Waals surface area (Å²) in [6.45, 7) is 12.5. The van der Waals surface area contributed by atoms with E-state index in [4.69, 9.17) is 5.11 Å². The van der Waals surface area contributed by atoms with Gasteiger partial charge in [0.05, 0.1) is 6.54 Å². The number of benzene rings is 1. The Bertz CT molecular complexity index is 965. The number of rotatable bonds is 7. The van der Waals surface area contributed by atoms with Gasteiger partial charge in [-0.25, -0.2) is 13.2 Å². The summed E-state index contributed by atoms with van der Waals surface area (Å²) in [6, 6.07) is 1.44. The van der Waals surface area contributed by atoms with Crippen molar-refractivity contribution in [2.24, 2.45) is 13.0 Å². The van der Waals surface area contributed by atoms with E-state index in [0.29, 0.717) is 37.7 Å². The van der Waals surface area contributed by atoms with E-state index < -0.39 is 17.5 Å². The van der Waals surface area contributed by atoms with Gasteiger partial charge >= 0.3 is 0 Å². The Morgan fingerprint density at radius 3 is 2.30 bits per heavy atom. The zero-order valence-electron chi connectivity index (χ0n) is 23.0. The average molecular weight is 530 g/mol. The van der Waals surface area contributed by atoms with Gasteiger partial charge in [0.15, 0.2) is 11.6 Å². The molecule has 2 amide bonds. The van der Waals surface area contributed by atoms with Crippen LogP contribution in [0.4, 0.5) is 13.2 Å². The van der Waals surface area contributed by atoms with Gasteiger partial charge in [-0.2, -0.15) is 5.10 Å². The van der Waals surface area contributed by atoms with Crippen molar-refractivity contribution < 1.29 is 27.9 Å². The van der Waals surface area contributed by atoms with Gasteiger partial charge in [0.25, 0.3) is 0 Å². The molecule has 3 N–H and O–H groups in total. The maximum Gasteiger partial charge on any atom is 0.239 e. The van der Waals surface area contributed by atoms with Crippen LogP contribution >= 0.6 is 0 Å². The molecule has 0 bridgehead atoms. The lowest BCUT2D eigenvalue weighted by molar-refractivity contribution is -0.122. The molecule has 0 saturated heterocycles. The minimum Gasteiger partial charge on any atom is -0.396 e. The molecule has 1 aliphatic heterocycles. The largest absolute Gasteiger partial charge is 0.396 e. The van der Waals surface area contributed by atoms with E-state index in [1.54, 1.807) is 11.7 Å². The Hall–Kier alpha value is -2.92. The van der Waals surface area contributed by atoms with Crippen LogP contribution in [0.5, 0.6) is 0 Å². The molecular formula is C26H42F3N5O3. The van der Waals surface area contributed by atoms with E-state index in [1.807, 2.05) is 20.9 Å². The summed E-state index contributed by atoms with van der Waals surface area (Å²) in [5.74, 6) is -2.46. The quantitative estimate of drug-likeness (QED) is 0.290. The second-order valence-electron chi connectivity index (χ2n) is 8.79. The number of carbonyl (C=O) groups excluding carboxylic acids is 2. The summed E-state index contributed by atoms with van der Waals surface area (Å²) in [6.07, 6.45) is 1.80. The number of fused-ring (bicyclic) bond motifs is 1. The number of hydrogen-bond acceptors (Lipinski definition) is 5. The second-order valence-corrected chi connectivity index (χ2v) is 8.79. The molecule has 0 atom stereocenters. The third kappa shape index (κ3) is 12.2. The molecule has 0 saturated carbocycles. The molecule has 37 heavy (non-hydrogen) atoms. The van der Waals surface area contributed by atoms with E-state index in [2.05, 4.69) is 41.4 Å². The zero-order valence-corrected chi connectivity index (χ0v) is 23.0. The van der Waals surface area contributed by atoms with Crippen LogP contribution in [0.15, 0.2) is 12.1 Å². The first-order chi connectivity index (χ1) is 17.5. The summed E-state index contributed by atoms with van der Waals surface area (Å²) >= 11 is 0. The van der Waals surface area contributed by atoms with Crippen molar-refractivity contribution in [2.45, 2.75) is 54.0 Å². The number of aromatic nitrogens is 2. The lowest BCUT2D eigenvalue weighted by atomic mass is 10.0. The Labute approximate surface area is 218 Å². The summed E-state index contributed by atoms with van der Waals surface area (Å²) < 4.78 is 42.0.